The Morgan fingerprint density at radius 2 is 1.93 bits per heavy atom. The molecule has 0 atom stereocenters. The Morgan fingerprint density at radius 1 is 1.36 bits per heavy atom. The Labute approximate surface area is 82.5 Å². The molecule has 0 amide bonds. The molecule has 0 spiro atoms. The van der Waals surface area contributed by atoms with Gasteiger partial charge in [-0.3, -0.25) is 5.01 Å². The van der Waals surface area contributed by atoms with E-state index >= 15 is 0 Å². The van der Waals surface area contributed by atoms with Gasteiger partial charge in [-0.1, -0.05) is 18.2 Å². The van der Waals surface area contributed by atoms with E-state index in [0.717, 1.165) is 5.69 Å². The fraction of sp³-hybridized carbons (Fsp3) is 0.200. The quantitative estimate of drug-likeness (QED) is 0.584. The Bertz CT molecular complexity index is 346. The van der Waals surface area contributed by atoms with Gasteiger partial charge in [0.15, 0.2) is 0 Å². The van der Waals surface area contributed by atoms with Crippen molar-refractivity contribution in [1.29, 1.82) is 0 Å². The maximum Gasteiger partial charge on any atom is 0.351 e. The van der Waals surface area contributed by atoms with E-state index in [1.54, 1.807) is 7.05 Å². The van der Waals surface area contributed by atoms with E-state index in [0.29, 0.717) is 0 Å². The number of benzene rings is 1. The normalized spacial score (nSPS) is 11.1. The molecule has 0 aliphatic heterocycles. The Hall–Kier alpha value is -1.84. The molecule has 0 aliphatic carbocycles. The zero-order valence-corrected chi connectivity index (χ0v) is 8.14. The molecule has 0 radical (unpaired) electrons. The molecule has 0 fully saturated rings. The van der Waals surface area contributed by atoms with Crippen LogP contribution in [0.2, 0.25) is 0 Å². The minimum absolute atomic E-state index is 0.0661. The van der Waals surface area contributed by atoms with Gasteiger partial charge in [-0.15, -0.1) is 0 Å². The van der Waals surface area contributed by atoms with Crippen LogP contribution in [0.1, 0.15) is 6.92 Å². The first-order chi connectivity index (χ1) is 6.61. The lowest BCUT2D eigenvalue weighted by Gasteiger charge is -2.12. The van der Waals surface area contributed by atoms with Crippen molar-refractivity contribution in [3.8, 4) is 0 Å². The van der Waals surface area contributed by atoms with Crippen LogP contribution in [0.25, 0.3) is 0 Å². The highest BCUT2D eigenvalue weighted by atomic mass is 16.4. The van der Waals surface area contributed by atoms with Gasteiger partial charge in [-0.2, -0.15) is 5.10 Å². The number of carboxylic acid groups (broad SMARTS) is 1. The number of anilines is 1. The fourth-order valence-corrected chi connectivity index (χ4v) is 0.969. The van der Waals surface area contributed by atoms with E-state index in [1.165, 1.54) is 11.9 Å². The molecule has 0 aromatic heterocycles. The second kappa shape index (κ2) is 4.41. The van der Waals surface area contributed by atoms with E-state index < -0.39 is 5.97 Å². The molecule has 0 bridgehead atoms. The summed E-state index contributed by atoms with van der Waals surface area (Å²) in [4.78, 5) is 10.5. The van der Waals surface area contributed by atoms with E-state index in [9.17, 15) is 4.79 Å². The van der Waals surface area contributed by atoms with Crippen molar-refractivity contribution in [2.24, 2.45) is 5.10 Å². The molecule has 0 unspecified atom stereocenters. The van der Waals surface area contributed by atoms with Crippen LogP contribution in [0, 0.1) is 0 Å². The number of para-hydroxylation sites is 1. The van der Waals surface area contributed by atoms with E-state index in [1.807, 2.05) is 30.3 Å². The lowest BCUT2D eigenvalue weighted by atomic mass is 10.3. The van der Waals surface area contributed by atoms with Crippen LogP contribution in [0.4, 0.5) is 5.69 Å². The first kappa shape index (κ1) is 10.2. The van der Waals surface area contributed by atoms with Crippen molar-refractivity contribution in [2.75, 3.05) is 12.1 Å². The number of hydrazone groups is 1. The smallest absolute Gasteiger partial charge is 0.351 e. The SMILES string of the molecule is CC(=NN(C)c1ccccc1)C(=O)O. The number of hydrogen-bond donors (Lipinski definition) is 1. The summed E-state index contributed by atoms with van der Waals surface area (Å²) in [6.45, 7) is 1.46. The molecular weight excluding hydrogens is 180 g/mol. The standard InChI is InChI=1S/C10H12N2O2/c1-8(10(13)14)11-12(2)9-6-4-3-5-7-9/h3-7H,1-2H3,(H,13,14). The summed E-state index contributed by atoms with van der Waals surface area (Å²) in [6, 6.07) is 9.36. The third kappa shape index (κ3) is 2.58. The zero-order valence-electron chi connectivity index (χ0n) is 8.14. The van der Waals surface area contributed by atoms with Gasteiger partial charge in [0.1, 0.15) is 5.71 Å². The van der Waals surface area contributed by atoms with E-state index in [2.05, 4.69) is 5.10 Å². The lowest BCUT2D eigenvalue weighted by Crippen LogP contribution is -2.16. The van der Waals surface area contributed by atoms with Crippen LogP contribution >= 0.6 is 0 Å². The molecule has 4 heteroatoms. The molecule has 0 aliphatic rings. The van der Waals surface area contributed by atoms with Gasteiger partial charge in [0.05, 0.1) is 5.69 Å². The molecular formula is C10H12N2O2. The van der Waals surface area contributed by atoms with Gasteiger partial charge in [-0.05, 0) is 19.1 Å². The number of rotatable bonds is 3. The largest absolute Gasteiger partial charge is 0.477 e. The number of carbonyl (C=O) groups is 1. The van der Waals surface area contributed by atoms with Gasteiger partial charge in [0.2, 0.25) is 0 Å². The molecule has 0 saturated carbocycles. The molecule has 14 heavy (non-hydrogen) atoms. The monoisotopic (exact) mass is 192 g/mol. The van der Waals surface area contributed by atoms with Crippen molar-refractivity contribution in [3.63, 3.8) is 0 Å². The van der Waals surface area contributed by atoms with Crippen molar-refractivity contribution in [3.05, 3.63) is 30.3 Å². The summed E-state index contributed by atoms with van der Waals surface area (Å²) >= 11 is 0. The zero-order chi connectivity index (χ0) is 10.6. The fourth-order valence-electron chi connectivity index (χ4n) is 0.969. The number of aliphatic carboxylic acids is 1. The van der Waals surface area contributed by atoms with Crippen molar-refractivity contribution < 1.29 is 9.90 Å². The molecule has 0 heterocycles. The van der Waals surface area contributed by atoms with E-state index in [-0.39, 0.29) is 5.71 Å². The van der Waals surface area contributed by atoms with Crippen molar-refractivity contribution in [2.45, 2.75) is 6.92 Å². The average molecular weight is 192 g/mol. The van der Waals surface area contributed by atoms with Gasteiger partial charge in [0, 0.05) is 7.05 Å². The minimum atomic E-state index is -1.01. The minimum Gasteiger partial charge on any atom is -0.477 e. The molecule has 74 valence electrons. The van der Waals surface area contributed by atoms with Gasteiger partial charge >= 0.3 is 5.97 Å². The van der Waals surface area contributed by atoms with Crippen LogP contribution in [0.15, 0.2) is 35.4 Å². The highest BCUT2D eigenvalue weighted by molar-refractivity contribution is 6.34. The predicted molar refractivity (Wildman–Crippen MR) is 55.6 cm³/mol. The van der Waals surface area contributed by atoms with Crippen LogP contribution < -0.4 is 5.01 Å². The van der Waals surface area contributed by atoms with Crippen LogP contribution in [-0.2, 0) is 4.79 Å². The number of carboxylic acids is 1. The van der Waals surface area contributed by atoms with Crippen LogP contribution in [-0.4, -0.2) is 23.8 Å². The summed E-state index contributed by atoms with van der Waals surface area (Å²) < 4.78 is 0. The van der Waals surface area contributed by atoms with E-state index in [4.69, 9.17) is 5.11 Å². The molecule has 0 saturated heterocycles. The predicted octanol–water partition coefficient (Wildman–Crippen LogP) is 1.58. The van der Waals surface area contributed by atoms with Crippen molar-refractivity contribution >= 4 is 17.4 Å². The third-order valence-electron chi connectivity index (χ3n) is 1.74. The van der Waals surface area contributed by atoms with Gasteiger partial charge in [-0.25, -0.2) is 4.79 Å². The highest BCUT2D eigenvalue weighted by Gasteiger charge is 2.04. The first-order valence-corrected chi connectivity index (χ1v) is 4.18. The summed E-state index contributed by atoms with van der Waals surface area (Å²) in [6.07, 6.45) is 0. The summed E-state index contributed by atoms with van der Waals surface area (Å²) in [5.41, 5.74) is 0.921. The lowest BCUT2D eigenvalue weighted by molar-refractivity contribution is -0.129. The molecule has 4 nitrogen and oxygen atoms in total. The van der Waals surface area contributed by atoms with Gasteiger partial charge < -0.3 is 5.11 Å². The maximum absolute atomic E-state index is 10.5. The Morgan fingerprint density at radius 3 is 2.43 bits per heavy atom. The van der Waals surface area contributed by atoms with Crippen molar-refractivity contribution in [1.82, 2.24) is 0 Å². The Kier molecular flexibility index (Phi) is 3.23. The topological polar surface area (TPSA) is 52.9 Å². The Balaban J connectivity index is 2.82. The molecule has 1 rings (SSSR count). The van der Waals surface area contributed by atoms with Crippen LogP contribution in [0.3, 0.4) is 0 Å². The van der Waals surface area contributed by atoms with Gasteiger partial charge in [0.25, 0.3) is 0 Å². The highest BCUT2D eigenvalue weighted by Crippen LogP contribution is 2.10. The average Bonchev–Trinajstić information content (AvgIpc) is 2.19. The molecule has 1 aromatic carbocycles. The molecule has 1 N–H and O–H groups in total. The maximum atomic E-state index is 10.5. The third-order valence-corrected chi connectivity index (χ3v) is 1.74. The first-order valence-electron chi connectivity index (χ1n) is 4.18. The summed E-state index contributed by atoms with van der Waals surface area (Å²) in [5.74, 6) is -1.01. The number of hydrogen-bond acceptors (Lipinski definition) is 3. The number of nitrogens with zero attached hydrogens (tertiary/aromatic N) is 2. The summed E-state index contributed by atoms with van der Waals surface area (Å²) in [7, 11) is 1.71. The second-order valence-electron chi connectivity index (χ2n) is 2.85. The molecule has 1 aromatic rings. The van der Waals surface area contributed by atoms with Crippen LogP contribution in [0.5, 0.6) is 0 Å². The second-order valence-corrected chi connectivity index (χ2v) is 2.85. The summed E-state index contributed by atoms with van der Waals surface area (Å²) in [5, 5.41) is 14.0.